The molecule has 0 spiro atoms. The second kappa shape index (κ2) is 21.8. The number of carbonyl (C=O) groups excluding carboxylic acids is 6. The topological polar surface area (TPSA) is 251 Å². The lowest BCUT2D eigenvalue weighted by atomic mass is 9.97. The summed E-state index contributed by atoms with van der Waals surface area (Å²) in [7, 11) is 1.48. The number of rotatable bonds is 11. The largest absolute Gasteiger partial charge is 0.508 e. The summed E-state index contributed by atoms with van der Waals surface area (Å²) in [6.45, 7) is 12.7. The molecule has 1 aliphatic rings. The molecular formula is C40H61BrN8O9. The number of likely N-dealkylation sites (N-methyl/N-ethyl adjacent to an activating group) is 1. The first kappa shape index (κ1) is 47.5. The van der Waals surface area contributed by atoms with Gasteiger partial charge >= 0.3 is 12.0 Å². The van der Waals surface area contributed by atoms with Crippen molar-refractivity contribution in [2.45, 2.75) is 130 Å². The first-order valence-corrected chi connectivity index (χ1v) is 20.7. The summed E-state index contributed by atoms with van der Waals surface area (Å²) < 4.78 is 0.554. The number of carboxylic acid groups (broad SMARTS) is 1. The Morgan fingerprint density at radius 2 is 1.53 bits per heavy atom. The van der Waals surface area contributed by atoms with Gasteiger partial charge in [0.05, 0.1) is 4.60 Å². The lowest BCUT2D eigenvalue weighted by molar-refractivity contribution is -0.143. The van der Waals surface area contributed by atoms with Gasteiger partial charge in [0.25, 0.3) is 0 Å². The normalized spacial score (nSPS) is 22.7. The maximum absolute atomic E-state index is 14.2. The SMILES string of the molecule is CC(C)CC(NC(=O)NC1CCCCNC(=O)C(Cc2c(Br)[nH]c3ccc(O)cc23)NC(=O)C(CC(C)C)N(C)C(=O)C(CC(C)C)NC(=O)C(C)NC1=O)C(=O)O. The van der Waals surface area contributed by atoms with Crippen LogP contribution < -0.4 is 31.9 Å². The third kappa shape index (κ3) is 13.9. The van der Waals surface area contributed by atoms with Gasteiger partial charge in [0.15, 0.2) is 0 Å². The molecule has 322 valence electrons. The van der Waals surface area contributed by atoms with Crippen LogP contribution in [0.4, 0.5) is 4.79 Å². The fraction of sp³-hybridized carbons (Fsp3) is 0.625. The second-order valence-electron chi connectivity index (χ2n) is 16.4. The molecule has 0 saturated carbocycles. The van der Waals surface area contributed by atoms with Gasteiger partial charge in [-0.1, -0.05) is 41.5 Å². The van der Waals surface area contributed by atoms with E-state index in [0.29, 0.717) is 33.9 Å². The number of hydrogen-bond acceptors (Lipinski definition) is 8. The number of nitrogens with one attached hydrogen (secondary N) is 7. The van der Waals surface area contributed by atoms with E-state index in [1.807, 2.05) is 41.5 Å². The van der Waals surface area contributed by atoms with Crippen molar-refractivity contribution in [2.24, 2.45) is 17.8 Å². The Morgan fingerprint density at radius 1 is 0.879 bits per heavy atom. The Morgan fingerprint density at radius 3 is 2.16 bits per heavy atom. The number of carbonyl (C=O) groups is 7. The minimum absolute atomic E-state index is 0.00696. The van der Waals surface area contributed by atoms with E-state index >= 15 is 0 Å². The minimum atomic E-state index is -1.23. The van der Waals surface area contributed by atoms with Crippen LogP contribution in [0.15, 0.2) is 22.8 Å². The van der Waals surface area contributed by atoms with Crippen molar-refractivity contribution in [2.75, 3.05) is 13.6 Å². The Labute approximate surface area is 348 Å². The number of urea groups is 1. The van der Waals surface area contributed by atoms with Gasteiger partial charge in [0.1, 0.15) is 42.0 Å². The van der Waals surface area contributed by atoms with E-state index in [4.69, 9.17) is 0 Å². The third-order valence-electron chi connectivity index (χ3n) is 9.92. The number of nitrogens with zero attached hydrogens (tertiary/aromatic N) is 1. The van der Waals surface area contributed by atoms with E-state index in [2.05, 4.69) is 52.8 Å². The Kier molecular flexibility index (Phi) is 17.8. The number of carboxylic acids is 1. The van der Waals surface area contributed by atoms with E-state index < -0.39 is 77.8 Å². The molecule has 3 rings (SSSR count). The molecular weight excluding hydrogens is 816 g/mol. The lowest BCUT2D eigenvalue weighted by Gasteiger charge is -2.33. The summed E-state index contributed by atoms with van der Waals surface area (Å²) >= 11 is 3.53. The molecule has 6 unspecified atom stereocenters. The molecule has 2 heterocycles. The number of aromatic amines is 1. The average molecular weight is 878 g/mol. The molecule has 2 aromatic rings. The summed E-state index contributed by atoms with van der Waals surface area (Å²) in [5.74, 6) is -4.37. The van der Waals surface area contributed by atoms with E-state index in [9.17, 15) is 43.8 Å². The van der Waals surface area contributed by atoms with Crippen molar-refractivity contribution < 1.29 is 43.8 Å². The van der Waals surface area contributed by atoms with E-state index in [0.717, 1.165) is 0 Å². The number of phenolic OH excluding ortho intramolecular Hbond substituents is 1. The van der Waals surface area contributed by atoms with Crippen molar-refractivity contribution >= 4 is 68.4 Å². The molecule has 0 bridgehead atoms. The Balaban J connectivity index is 2.01. The number of amides is 7. The molecule has 9 N–H and O–H groups in total. The van der Waals surface area contributed by atoms with E-state index in [1.54, 1.807) is 12.1 Å². The molecule has 1 fully saturated rings. The number of halogens is 1. The van der Waals surface area contributed by atoms with Crippen LogP contribution in [0.5, 0.6) is 5.75 Å². The van der Waals surface area contributed by atoms with Gasteiger partial charge < -0.3 is 52.0 Å². The third-order valence-corrected chi connectivity index (χ3v) is 10.6. The minimum Gasteiger partial charge on any atom is -0.508 e. The summed E-state index contributed by atoms with van der Waals surface area (Å²) in [6, 6.07) is -2.89. The van der Waals surface area contributed by atoms with Crippen LogP contribution in [0, 0.1) is 17.8 Å². The standard InChI is InChI=1S/C40H61BrN8O9/c1-20(2)15-30-38(55)49(8)32(17-22(5)6)37(54)45-29(19-26-25-18-24(50)12-13-27(25)44-33(26)41)35(52)42-14-10-9-11-28(36(53)43-23(7)34(51)46-30)47-40(58)48-31(39(56)57)16-21(3)4/h12-13,18,20-23,28-32,44,50H,9-11,14-17,19H2,1-8H3,(H,42,52)(H,43,53)(H,45,54)(H,46,51)(H,56,57)(H2,47,48,58). The molecule has 58 heavy (non-hydrogen) atoms. The van der Waals surface area contributed by atoms with Crippen molar-refractivity contribution in [3.63, 3.8) is 0 Å². The fourth-order valence-corrected chi connectivity index (χ4v) is 7.46. The predicted octanol–water partition coefficient (Wildman–Crippen LogP) is 3.04. The van der Waals surface area contributed by atoms with Crippen LogP contribution in [-0.2, 0) is 35.2 Å². The number of aromatic nitrogens is 1. The zero-order valence-electron chi connectivity index (χ0n) is 34.7. The van der Waals surface area contributed by atoms with Crippen molar-refractivity contribution in [1.82, 2.24) is 41.8 Å². The zero-order valence-corrected chi connectivity index (χ0v) is 36.2. The smallest absolute Gasteiger partial charge is 0.326 e. The summed E-state index contributed by atoms with van der Waals surface area (Å²) in [4.78, 5) is 98.9. The molecule has 0 aliphatic carbocycles. The molecule has 1 aromatic heterocycles. The Bertz CT molecular complexity index is 1800. The number of hydrogen-bond donors (Lipinski definition) is 9. The molecule has 1 saturated heterocycles. The summed E-state index contributed by atoms with van der Waals surface area (Å²) in [5.41, 5.74) is 1.32. The van der Waals surface area contributed by atoms with Crippen LogP contribution in [-0.4, -0.2) is 111 Å². The number of benzene rings is 1. The molecule has 1 aromatic carbocycles. The Hall–Kier alpha value is -4.87. The van der Waals surface area contributed by atoms with Crippen LogP contribution in [0.25, 0.3) is 10.9 Å². The molecule has 0 radical (unpaired) electrons. The molecule has 18 heteroatoms. The number of aromatic hydroxyl groups is 1. The highest BCUT2D eigenvalue weighted by Crippen LogP contribution is 2.30. The van der Waals surface area contributed by atoms with Gasteiger partial charge in [-0.2, -0.15) is 0 Å². The van der Waals surface area contributed by atoms with E-state index in [1.165, 1.54) is 24.9 Å². The van der Waals surface area contributed by atoms with Crippen LogP contribution in [0.2, 0.25) is 0 Å². The van der Waals surface area contributed by atoms with Gasteiger partial charge in [-0.3, -0.25) is 24.0 Å². The van der Waals surface area contributed by atoms with Crippen LogP contribution in [0.3, 0.4) is 0 Å². The zero-order chi connectivity index (χ0) is 43.4. The summed E-state index contributed by atoms with van der Waals surface area (Å²) in [6.07, 6.45) is 1.33. The maximum atomic E-state index is 14.2. The molecule has 6 atom stereocenters. The fourth-order valence-electron chi connectivity index (χ4n) is 6.87. The second-order valence-corrected chi connectivity index (χ2v) is 17.2. The predicted molar refractivity (Wildman–Crippen MR) is 221 cm³/mol. The van der Waals surface area contributed by atoms with Gasteiger partial charge in [0.2, 0.25) is 29.5 Å². The van der Waals surface area contributed by atoms with E-state index in [-0.39, 0.29) is 62.2 Å². The lowest BCUT2D eigenvalue weighted by Crippen LogP contribution is -2.59. The van der Waals surface area contributed by atoms with Gasteiger partial charge in [-0.15, -0.1) is 0 Å². The van der Waals surface area contributed by atoms with Crippen molar-refractivity contribution in [3.05, 3.63) is 28.4 Å². The number of fused-ring (bicyclic) bond motifs is 1. The van der Waals surface area contributed by atoms with Crippen LogP contribution in [0.1, 0.15) is 92.6 Å². The monoisotopic (exact) mass is 876 g/mol. The highest BCUT2D eigenvalue weighted by Gasteiger charge is 2.36. The quantitative estimate of drug-likeness (QED) is 0.161. The average Bonchev–Trinajstić information content (AvgIpc) is 3.43. The van der Waals surface area contributed by atoms with Crippen molar-refractivity contribution in [3.8, 4) is 5.75 Å². The van der Waals surface area contributed by atoms with Gasteiger partial charge in [-0.25, -0.2) is 9.59 Å². The van der Waals surface area contributed by atoms with Crippen LogP contribution >= 0.6 is 15.9 Å². The highest BCUT2D eigenvalue weighted by molar-refractivity contribution is 9.10. The number of phenols is 1. The number of H-pyrrole nitrogens is 1. The number of aliphatic carboxylic acids is 1. The van der Waals surface area contributed by atoms with Gasteiger partial charge in [-0.05, 0) is 103 Å². The van der Waals surface area contributed by atoms with Gasteiger partial charge in [0, 0.05) is 30.9 Å². The molecule has 17 nitrogen and oxygen atoms in total. The first-order chi connectivity index (χ1) is 27.2. The first-order valence-electron chi connectivity index (χ1n) is 19.9. The highest BCUT2D eigenvalue weighted by atomic mass is 79.9. The molecule has 1 aliphatic heterocycles. The maximum Gasteiger partial charge on any atom is 0.326 e. The van der Waals surface area contributed by atoms with Crippen molar-refractivity contribution in [1.29, 1.82) is 0 Å². The summed E-state index contributed by atoms with van der Waals surface area (Å²) in [5, 5.41) is 36.6. The molecule has 7 amide bonds.